The highest BCUT2D eigenvalue weighted by atomic mass is 35.5. The van der Waals surface area contributed by atoms with Crippen molar-refractivity contribution in [2.75, 3.05) is 6.61 Å². The summed E-state index contributed by atoms with van der Waals surface area (Å²) in [5.74, 6) is -0.868. The lowest BCUT2D eigenvalue weighted by Crippen LogP contribution is -2.17. The molecule has 0 radical (unpaired) electrons. The third-order valence-electron chi connectivity index (χ3n) is 2.69. The van der Waals surface area contributed by atoms with Crippen LogP contribution in [0.15, 0.2) is 23.1 Å². The summed E-state index contributed by atoms with van der Waals surface area (Å²) in [7, 11) is 0. The van der Waals surface area contributed by atoms with Crippen molar-refractivity contribution in [2.24, 2.45) is 0 Å². The molecule has 6 nitrogen and oxygen atoms in total. The molecule has 1 fully saturated rings. The average Bonchev–Trinajstić information content (AvgIpc) is 2.74. The van der Waals surface area contributed by atoms with Gasteiger partial charge in [0.15, 0.2) is 0 Å². The highest BCUT2D eigenvalue weighted by molar-refractivity contribution is 8.18. The molecule has 8 heteroatoms. The fraction of sp³-hybridized carbons (Fsp3) is 0.214. The summed E-state index contributed by atoms with van der Waals surface area (Å²) in [6.07, 6.45) is 1.98. The van der Waals surface area contributed by atoms with Gasteiger partial charge < -0.3 is 9.84 Å². The van der Waals surface area contributed by atoms with Crippen LogP contribution in [-0.4, -0.2) is 28.8 Å². The Bertz CT molecular complexity index is 659. The van der Waals surface area contributed by atoms with Gasteiger partial charge in [-0.15, -0.1) is 0 Å². The van der Waals surface area contributed by atoms with E-state index in [-0.39, 0.29) is 13.0 Å². The van der Waals surface area contributed by atoms with E-state index in [0.29, 0.717) is 27.7 Å². The average molecular weight is 342 g/mol. The van der Waals surface area contributed by atoms with Crippen LogP contribution in [0.2, 0.25) is 5.02 Å². The first kappa shape index (κ1) is 16.4. The van der Waals surface area contributed by atoms with Gasteiger partial charge in [-0.2, -0.15) is 0 Å². The number of imide groups is 1. The summed E-state index contributed by atoms with van der Waals surface area (Å²) in [6, 6.07) is 4.94. The molecular formula is C14H12ClNO5S. The summed E-state index contributed by atoms with van der Waals surface area (Å²) >= 11 is 6.91. The Kier molecular flexibility index (Phi) is 5.46. The van der Waals surface area contributed by atoms with E-state index in [1.54, 1.807) is 24.3 Å². The molecule has 2 rings (SSSR count). The Morgan fingerprint density at radius 1 is 1.41 bits per heavy atom. The van der Waals surface area contributed by atoms with E-state index in [2.05, 4.69) is 5.32 Å². The molecule has 1 aliphatic rings. The maximum atomic E-state index is 11.4. The number of rotatable bonds is 6. The minimum Gasteiger partial charge on any atom is -0.492 e. The van der Waals surface area contributed by atoms with Crippen LogP contribution in [0.25, 0.3) is 6.08 Å². The molecule has 0 atom stereocenters. The fourth-order valence-corrected chi connectivity index (χ4v) is 2.63. The summed E-state index contributed by atoms with van der Waals surface area (Å²) in [5.41, 5.74) is 0.662. The SMILES string of the molecule is O=C(O)CCCOc1ccc(C=C2SC(=O)NC2=O)cc1Cl. The Morgan fingerprint density at radius 2 is 2.18 bits per heavy atom. The second kappa shape index (κ2) is 7.33. The molecule has 0 saturated carbocycles. The quantitative estimate of drug-likeness (QED) is 0.610. The number of aliphatic carboxylic acids is 1. The first-order valence-electron chi connectivity index (χ1n) is 6.34. The lowest BCUT2D eigenvalue weighted by molar-refractivity contribution is -0.137. The third-order valence-corrected chi connectivity index (χ3v) is 3.79. The summed E-state index contributed by atoms with van der Waals surface area (Å²) in [6.45, 7) is 0.249. The van der Waals surface area contributed by atoms with E-state index in [1.807, 2.05) is 0 Å². The lowest BCUT2D eigenvalue weighted by atomic mass is 10.2. The molecule has 0 unspecified atom stereocenters. The van der Waals surface area contributed by atoms with Crippen LogP contribution in [0.4, 0.5) is 4.79 Å². The Morgan fingerprint density at radius 3 is 2.77 bits per heavy atom. The van der Waals surface area contributed by atoms with Crippen molar-refractivity contribution in [1.82, 2.24) is 5.32 Å². The maximum Gasteiger partial charge on any atom is 0.303 e. The van der Waals surface area contributed by atoms with Crippen molar-refractivity contribution in [3.8, 4) is 5.75 Å². The van der Waals surface area contributed by atoms with Gasteiger partial charge in [-0.25, -0.2) is 0 Å². The van der Waals surface area contributed by atoms with Gasteiger partial charge in [0, 0.05) is 6.42 Å². The van der Waals surface area contributed by atoms with Crippen molar-refractivity contribution in [3.05, 3.63) is 33.7 Å². The number of thioether (sulfide) groups is 1. The number of ether oxygens (including phenoxy) is 1. The fourth-order valence-electron chi connectivity index (χ4n) is 1.70. The molecule has 1 saturated heterocycles. The molecule has 0 aliphatic carbocycles. The normalized spacial score (nSPS) is 16.0. The second-order valence-corrected chi connectivity index (χ2v) is 5.81. The molecule has 2 amide bonds. The predicted octanol–water partition coefficient (Wildman–Crippen LogP) is 2.91. The zero-order valence-corrected chi connectivity index (χ0v) is 12.9. The molecule has 1 aromatic rings. The zero-order valence-electron chi connectivity index (χ0n) is 11.3. The number of carboxylic acids is 1. The van der Waals surface area contributed by atoms with E-state index in [1.165, 1.54) is 0 Å². The van der Waals surface area contributed by atoms with Gasteiger partial charge in [0.2, 0.25) is 0 Å². The number of hydrogen-bond donors (Lipinski definition) is 2. The van der Waals surface area contributed by atoms with Crippen LogP contribution >= 0.6 is 23.4 Å². The van der Waals surface area contributed by atoms with Crippen LogP contribution in [0.1, 0.15) is 18.4 Å². The van der Waals surface area contributed by atoms with Gasteiger partial charge in [-0.1, -0.05) is 17.7 Å². The van der Waals surface area contributed by atoms with Gasteiger partial charge >= 0.3 is 5.97 Å². The number of halogens is 1. The largest absolute Gasteiger partial charge is 0.492 e. The molecule has 1 heterocycles. The molecule has 2 N–H and O–H groups in total. The minimum absolute atomic E-state index is 0.0299. The monoisotopic (exact) mass is 341 g/mol. The van der Waals surface area contributed by atoms with Crippen molar-refractivity contribution >= 4 is 46.6 Å². The van der Waals surface area contributed by atoms with E-state index in [4.69, 9.17) is 21.4 Å². The van der Waals surface area contributed by atoms with E-state index in [0.717, 1.165) is 11.8 Å². The maximum absolute atomic E-state index is 11.4. The van der Waals surface area contributed by atoms with Crippen LogP contribution in [0.5, 0.6) is 5.75 Å². The van der Waals surface area contributed by atoms with Crippen LogP contribution in [0, 0.1) is 0 Å². The number of hydrogen-bond acceptors (Lipinski definition) is 5. The molecule has 22 heavy (non-hydrogen) atoms. The van der Waals surface area contributed by atoms with Crippen molar-refractivity contribution < 1.29 is 24.2 Å². The molecule has 1 aliphatic heterocycles. The molecule has 116 valence electrons. The Labute approximate surface area is 135 Å². The Hall–Kier alpha value is -1.99. The van der Waals surface area contributed by atoms with E-state index in [9.17, 15) is 14.4 Å². The number of carbonyl (C=O) groups is 3. The van der Waals surface area contributed by atoms with Crippen molar-refractivity contribution in [3.63, 3.8) is 0 Å². The third kappa shape index (κ3) is 4.51. The molecular weight excluding hydrogens is 330 g/mol. The summed E-state index contributed by atoms with van der Waals surface area (Å²) < 4.78 is 5.40. The van der Waals surface area contributed by atoms with Gasteiger partial charge in [0.25, 0.3) is 11.1 Å². The number of benzene rings is 1. The lowest BCUT2D eigenvalue weighted by Gasteiger charge is -2.08. The number of carbonyl (C=O) groups excluding carboxylic acids is 2. The predicted molar refractivity (Wildman–Crippen MR) is 82.9 cm³/mol. The highest BCUT2D eigenvalue weighted by Gasteiger charge is 2.24. The molecule has 0 bridgehead atoms. The highest BCUT2D eigenvalue weighted by Crippen LogP contribution is 2.29. The molecule has 0 aromatic heterocycles. The van der Waals surface area contributed by atoms with Crippen LogP contribution in [-0.2, 0) is 9.59 Å². The Balaban J connectivity index is 2.00. The minimum atomic E-state index is -0.876. The smallest absolute Gasteiger partial charge is 0.303 e. The second-order valence-electron chi connectivity index (χ2n) is 4.39. The summed E-state index contributed by atoms with van der Waals surface area (Å²) in [4.78, 5) is 33.2. The first-order chi connectivity index (χ1) is 10.5. The van der Waals surface area contributed by atoms with E-state index >= 15 is 0 Å². The summed E-state index contributed by atoms with van der Waals surface area (Å²) in [5, 5.41) is 10.6. The number of carboxylic acid groups (broad SMARTS) is 1. The van der Waals surface area contributed by atoms with Gasteiger partial charge in [-0.3, -0.25) is 19.7 Å². The van der Waals surface area contributed by atoms with Crippen LogP contribution < -0.4 is 10.1 Å². The van der Waals surface area contributed by atoms with Gasteiger partial charge in [0.1, 0.15) is 5.75 Å². The van der Waals surface area contributed by atoms with Crippen molar-refractivity contribution in [2.45, 2.75) is 12.8 Å². The first-order valence-corrected chi connectivity index (χ1v) is 7.54. The van der Waals surface area contributed by atoms with Crippen LogP contribution in [0.3, 0.4) is 0 Å². The molecule has 1 aromatic carbocycles. The topological polar surface area (TPSA) is 92.7 Å². The van der Waals surface area contributed by atoms with Crippen molar-refractivity contribution in [1.29, 1.82) is 0 Å². The van der Waals surface area contributed by atoms with E-state index < -0.39 is 17.1 Å². The molecule has 0 spiro atoms. The standard InChI is InChI=1S/C14H12ClNO5S/c15-9-6-8(7-11-13(19)16-14(20)22-11)3-4-10(9)21-5-1-2-12(17)18/h3-4,6-7H,1-2,5H2,(H,17,18)(H,16,19,20). The number of nitrogens with one attached hydrogen (secondary N) is 1. The van der Waals surface area contributed by atoms with Gasteiger partial charge in [0.05, 0.1) is 16.5 Å². The van der Waals surface area contributed by atoms with Gasteiger partial charge in [-0.05, 0) is 42.0 Å². The number of amides is 2. The zero-order chi connectivity index (χ0) is 16.1.